The van der Waals surface area contributed by atoms with E-state index < -0.39 is 28.4 Å². The lowest BCUT2D eigenvalue weighted by molar-refractivity contribution is -0.384. The molecule has 9 nitrogen and oxygen atoms in total. The first-order valence-electron chi connectivity index (χ1n) is 9.81. The minimum atomic E-state index is -1.03. The number of para-hydroxylation sites is 1. The molecule has 0 saturated carbocycles. The van der Waals surface area contributed by atoms with Crippen LogP contribution in [0.5, 0.6) is 11.5 Å². The molecule has 0 spiro atoms. The van der Waals surface area contributed by atoms with Crippen molar-refractivity contribution >= 4 is 28.8 Å². The number of methoxy groups -OCH3 is 1. The average molecular weight is 446 g/mol. The maximum absolute atomic E-state index is 13.1. The molecule has 3 aromatic rings. The number of phenolic OH excluding ortho intramolecular Hbond substituents is 1. The largest absolute Gasteiger partial charge is 0.507 e. The van der Waals surface area contributed by atoms with Gasteiger partial charge in [-0.2, -0.15) is 0 Å². The number of carbonyl (C=O) groups is 2. The van der Waals surface area contributed by atoms with E-state index in [1.54, 1.807) is 30.3 Å². The number of amides is 1. The summed E-state index contributed by atoms with van der Waals surface area (Å²) in [6.45, 7) is 0. The van der Waals surface area contributed by atoms with E-state index in [0.29, 0.717) is 11.3 Å². The number of phenols is 1. The second-order valence-corrected chi connectivity index (χ2v) is 7.24. The number of aliphatic hydroxyl groups excluding tert-OH is 1. The highest BCUT2D eigenvalue weighted by Crippen LogP contribution is 2.43. The van der Waals surface area contributed by atoms with Gasteiger partial charge < -0.3 is 14.9 Å². The summed E-state index contributed by atoms with van der Waals surface area (Å²) in [5, 5.41) is 32.0. The van der Waals surface area contributed by atoms with Gasteiger partial charge in [0, 0.05) is 23.4 Å². The van der Waals surface area contributed by atoms with Gasteiger partial charge in [-0.05, 0) is 42.0 Å². The van der Waals surface area contributed by atoms with Gasteiger partial charge in [-0.3, -0.25) is 24.6 Å². The second kappa shape index (κ2) is 8.46. The van der Waals surface area contributed by atoms with Crippen LogP contribution in [0, 0.1) is 10.1 Å². The first-order valence-corrected chi connectivity index (χ1v) is 9.81. The number of hydrogen-bond acceptors (Lipinski definition) is 7. The Hall–Kier alpha value is -4.66. The van der Waals surface area contributed by atoms with Gasteiger partial charge in [0.25, 0.3) is 17.4 Å². The van der Waals surface area contributed by atoms with E-state index >= 15 is 0 Å². The number of hydrogen-bond donors (Lipinski definition) is 2. The molecule has 0 bridgehead atoms. The van der Waals surface area contributed by atoms with Crippen molar-refractivity contribution < 1.29 is 29.5 Å². The van der Waals surface area contributed by atoms with E-state index in [0.717, 1.165) is 0 Å². The average Bonchev–Trinajstić information content (AvgIpc) is 3.10. The van der Waals surface area contributed by atoms with Crippen molar-refractivity contribution in [3.05, 3.63) is 99.6 Å². The fourth-order valence-electron chi connectivity index (χ4n) is 3.76. The van der Waals surface area contributed by atoms with Crippen LogP contribution >= 0.6 is 0 Å². The Morgan fingerprint density at radius 3 is 2.30 bits per heavy atom. The van der Waals surface area contributed by atoms with E-state index in [4.69, 9.17) is 4.74 Å². The van der Waals surface area contributed by atoms with E-state index in [-0.39, 0.29) is 28.3 Å². The molecule has 0 unspecified atom stereocenters. The number of nitrogens with zero attached hydrogens (tertiary/aromatic N) is 2. The molecule has 33 heavy (non-hydrogen) atoms. The van der Waals surface area contributed by atoms with Crippen LogP contribution in [0.25, 0.3) is 5.76 Å². The molecule has 1 fully saturated rings. The molecule has 4 rings (SSSR count). The van der Waals surface area contributed by atoms with Crippen LogP contribution < -0.4 is 9.64 Å². The summed E-state index contributed by atoms with van der Waals surface area (Å²) < 4.78 is 5.18. The lowest BCUT2D eigenvalue weighted by Gasteiger charge is -2.25. The number of nitro groups is 1. The number of nitro benzene ring substituents is 1. The van der Waals surface area contributed by atoms with Crippen LogP contribution in [-0.4, -0.2) is 33.9 Å². The Balaban J connectivity index is 1.94. The summed E-state index contributed by atoms with van der Waals surface area (Å²) in [6.07, 6.45) is 0. The Bertz CT molecular complexity index is 1280. The molecule has 1 atom stereocenters. The molecule has 1 saturated heterocycles. The second-order valence-electron chi connectivity index (χ2n) is 7.24. The number of ketones is 1. The quantitative estimate of drug-likeness (QED) is 0.200. The number of ether oxygens (including phenoxy) is 1. The number of non-ortho nitro benzene ring substituents is 1. The van der Waals surface area contributed by atoms with Crippen molar-refractivity contribution in [2.75, 3.05) is 12.0 Å². The maximum atomic E-state index is 13.1. The third kappa shape index (κ3) is 3.76. The van der Waals surface area contributed by atoms with Gasteiger partial charge in [-0.25, -0.2) is 0 Å². The SMILES string of the molecule is COc1cc([C@H]2C(=C(O)c3ccc([N+](=O)[O-])cc3)C(=O)C(=O)N2c2ccccc2)ccc1O. The highest BCUT2D eigenvalue weighted by Gasteiger charge is 2.47. The van der Waals surface area contributed by atoms with Gasteiger partial charge in [-0.1, -0.05) is 24.3 Å². The zero-order valence-electron chi connectivity index (χ0n) is 17.3. The van der Waals surface area contributed by atoms with E-state index in [2.05, 4.69) is 0 Å². The number of aliphatic hydroxyl groups is 1. The van der Waals surface area contributed by atoms with E-state index in [1.807, 2.05) is 0 Å². The van der Waals surface area contributed by atoms with Crippen molar-refractivity contribution in [2.24, 2.45) is 0 Å². The zero-order valence-corrected chi connectivity index (χ0v) is 17.3. The lowest BCUT2D eigenvalue weighted by atomic mass is 9.94. The number of Topliss-reactive ketones (excluding diaryl/α,β-unsaturated/α-hetero) is 1. The van der Waals surface area contributed by atoms with Gasteiger partial charge in [0.2, 0.25) is 0 Å². The highest BCUT2D eigenvalue weighted by molar-refractivity contribution is 6.51. The lowest BCUT2D eigenvalue weighted by Crippen LogP contribution is -2.29. The molecule has 0 aliphatic carbocycles. The predicted octanol–water partition coefficient (Wildman–Crippen LogP) is 3.94. The fourth-order valence-corrected chi connectivity index (χ4v) is 3.76. The number of anilines is 1. The molecular weight excluding hydrogens is 428 g/mol. The molecular formula is C24H18N2O7. The first kappa shape index (κ1) is 21.6. The Kier molecular flexibility index (Phi) is 5.53. The Labute approximate surface area is 187 Å². The standard InChI is InChI=1S/C24H18N2O7/c1-33-19-13-15(9-12-18(19)27)21-20(22(28)14-7-10-17(11-8-14)26(31)32)23(29)24(30)25(21)16-5-3-2-4-6-16/h2-13,21,27-28H,1H3/t21-/m0/s1. The summed E-state index contributed by atoms with van der Waals surface area (Å²) in [7, 11) is 1.36. The molecule has 3 aromatic carbocycles. The third-order valence-electron chi connectivity index (χ3n) is 5.35. The molecule has 2 N–H and O–H groups in total. The molecule has 1 amide bonds. The number of rotatable bonds is 5. The van der Waals surface area contributed by atoms with Crippen molar-refractivity contribution in [2.45, 2.75) is 6.04 Å². The normalized spacial score (nSPS) is 17.2. The molecule has 0 aromatic heterocycles. The topological polar surface area (TPSA) is 130 Å². The van der Waals surface area contributed by atoms with Crippen LogP contribution in [0.2, 0.25) is 0 Å². The predicted molar refractivity (Wildman–Crippen MR) is 119 cm³/mol. The van der Waals surface area contributed by atoms with Crippen molar-refractivity contribution in [3.8, 4) is 11.5 Å². The van der Waals surface area contributed by atoms with Crippen LogP contribution in [-0.2, 0) is 9.59 Å². The number of benzene rings is 3. The van der Waals surface area contributed by atoms with Crippen LogP contribution in [0.1, 0.15) is 17.2 Å². The molecule has 0 radical (unpaired) electrons. The fraction of sp³-hybridized carbons (Fsp3) is 0.0833. The smallest absolute Gasteiger partial charge is 0.300 e. The summed E-state index contributed by atoms with van der Waals surface area (Å²) in [5.41, 5.74) is 0.611. The van der Waals surface area contributed by atoms with Crippen LogP contribution in [0.15, 0.2) is 78.4 Å². The maximum Gasteiger partial charge on any atom is 0.300 e. The van der Waals surface area contributed by atoms with E-state index in [1.165, 1.54) is 54.5 Å². The first-order chi connectivity index (χ1) is 15.8. The Morgan fingerprint density at radius 2 is 1.70 bits per heavy atom. The summed E-state index contributed by atoms with van der Waals surface area (Å²) in [5.74, 6) is -2.23. The van der Waals surface area contributed by atoms with Gasteiger partial charge in [0.15, 0.2) is 11.5 Å². The third-order valence-corrected chi connectivity index (χ3v) is 5.35. The minimum Gasteiger partial charge on any atom is -0.507 e. The number of carbonyl (C=O) groups excluding carboxylic acids is 2. The van der Waals surface area contributed by atoms with Gasteiger partial charge in [0.05, 0.1) is 23.6 Å². The highest BCUT2D eigenvalue weighted by atomic mass is 16.6. The van der Waals surface area contributed by atoms with Crippen molar-refractivity contribution in [1.29, 1.82) is 0 Å². The van der Waals surface area contributed by atoms with Crippen LogP contribution in [0.4, 0.5) is 11.4 Å². The van der Waals surface area contributed by atoms with Crippen LogP contribution in [0.3, 0.4) is 0 Å². The summed E-state index contributed by atoms with van der Waals surface area (Å²) >= 11 is 0. The van der Waals surface area contributed by atoms with Gasteiger partial charge in [-0.15, -0.1) is 0 Å². The van der Waals surface area contributed by atoms with Crippen molar-refractivity contribution in [3.63, 3.8) is 0 Å². The molecule has 1 heterocycles. The zero-order chi connectivity index (χ0) is 23.7. The van der Waals surface area contributed by atoms with Gasteiger partial charge in [0.1, 0.15) is 5.76 Å². The molecule has 166 valence electrons. The van der Waals surface area contributed by atoms with Crippen molar-refractivity contribution in [1.82, 2.24) is 0 Å². The van der Waals surface area contributed by atoms with Gasteiger partial charge >= 0.3 is 0 Å². The molecule has 9 heteroatoms. The molecule has 1 aliphatic rings. The molecule has 1 aliphatic heterocycles. The number of aromatic hydroxyl groups is 1. The summed E-state index contributed by atoms with van der Waals surface area (Å²) in [6, 6.07) is 16.8. The minimum absolute atomic E-state index is 0.126. The Morgan fingerprint density at radius 1 is 1.03 bits per heavy atom. The monoisotopic (exact) mass is 446 g/mol. The van der Waals surface area contributed by atoms with E-state index in [9.17, 15) is 29.9 Å². The summed E-state index contributed by atoms with van der Waals surface area (Å²) in [4.78, 5) is 37.8.